The standard InChI is InChI=1S/C16H13F3N2OS/c1-10-6-7-20-13(8-10)21-14(22)9-23-15(21)11-4-2-3-5-12(11)16(17,18)19/h2-8,15H,9H2,1H3. The Morgan fingerprint density at radius 2 is 2.00 bits per heavy atom. The van der Waals surface area contributed by atoms with Crippen LogP contribution in [-0.4, -0.2) is 16.6 Å². The van der Waals surface area contributed by atoms with Gasteiger partial charge in [0, 0.05) is 6.20 Å². The minimum atomic E-state index is -4.46. The molecule has 7 heteroatoms. The summed E-state index contributed by atoms with van der Waals surface area (Å²) in [6.45, 7) is 1.84. The Kier molecular flexibility index (Phi) is 4.06. The van der Waals surface area contributed by atoms with Gasteiger partial charge in [0.05, 0.1) is 11.3 Å². The Morgan fingerprint density at radius 3 is 2.70 bits per heavy atom. The fraction of sp³-hybridized carbons (Fsp3) is 0.250. The third-order valence-electron chi connectivity index (χ3n) is 3.55. The summed E-state index contributed by atoms with van der Waals surface area (Å²) in [5, 5.41) is -0.727. The maximum absolute atomic E-state index is 13.3. The van der Waals surface area contributed by atoms with Crippen molar-refractivity contribution >= 4 is 23.5 Å². The maximum atomic E-state index is 13.3. The van der Waals surface area contributed by atoms with Crippen LogP contribution >= 0.6 is 11.8 Å². The molecule has 2 aromatic rings. The average Bonchev–Trinajstić information content (AvgIpc) is 2.88. The van der Waals surface area contributed by atoms with E-state index in [-0.39, 0.29) is 17.2 Å². The number of halogens is 3. The second kappa shape index (κ2) is 5.88. The first-order chi connectivity index (χ1) is 10.9. The number of hydrogen-bond donors (Lipinski definition) is 0. The summed E-state index contributed by atoms with van der Waals surface area (Å²) in [6.07, 6.45) is -2.91. The zero-order valence-electron chi connectivity index (χ0n) is 12.2. The molecule has 1 aromatic carbocycles. The first kappa shape index (κ1) is 15.9. The molecule has 0 N–H and O–H groups in total. The number of nitrogens with zero attached hydrogens (tertiary/aromatic N) is 2. The molecule has 1 amide bonds. The van der Waals surface area contributed by atoms with Gasteiger partial charge >= 0.3 is 6.18 Å². The first-order valence-electron chi connectivity index (χ1n) is 6.90. The molecule has 0 spiro atoms. The van der Waals surface area contributed by atoms with Crippen molar-refractivity contribution in [2.45, 2.75) is 18.5 Å². The van der Waals surface area contributed by atoms with Gasteiger partial charge in [-0.1, -0.05) is 18.2 Å². The van der Waals surface area contributed by atoms with E-state index < -0.39 is 17.1 Å². The Labute approximate surface area is 135 Å². The van der Waals surface area contributed by atoms with Crippen molar-refractivity contribution < 1.29 is 18.0 Å². The molecule has 1 fully saturated rings. The number of amides is 1. The summed E-state index contributed by atoms with van der Waals surface area (Å²) in [5.74, 6) is 0.268. The number of benzene rings is 1. The normalized spacial score (nSPS) is 18.5. The molecule has 0 radical (unpaired) electrons. The van der Waals surface area contributed by atoms with Gasteiger partial charge in [-0.3, -0.25) is 9.69 Å². The summed E-state index contributed by atoms with van der Waals surface area (Å²) < 4.78 is 39.8. The van der Waals surface area contributed by atoms with Crippen LogP contribution in [0.1, 0.15) is 22.1 Å². The lowest BCUT2D eigenvalue weighted by Crippen LogP contribution is -2.29. The van der Waals surface area contributed by atoms with Crippen LogP contribution in [0.4, 0.5) is 19.0 Å². The highest BCUT2D eigenvalue weighted by Gasteiger charge is 2.41. The predicted molar refractivity (Wildman–Crippen MR) is 83.1 cm³/mol. The predicted octanol–water partition coefficient (Wildman–Crippen LogP) is 4.19. The summed E-state index contributed by atoms with van der Waals surface area (Å²) in [4.78, 5) is 17.7. The topological polar surface area (TPSA) is 33.2 Å². The number of anilines is 1. The van der Waals surface area contributed by atoms with E-state index in [0.717, 1.165) is 11.6 Å². The van der Waals surface area contributed by atoms with Gasteiger partial charge in [0.25, 0.3) is 0 Å². The van der Waals surface area contributed by atoms with Gasteiger partial charge in [-0.15, -0.1) is 11.8 Å². The molecule has 1 saturated heterocycles. The molecule has 23 heavy (non-hydrogen) atoms. The molecule has 120 valence electrons. The van der Waals surface area contributed by atoms with Crippen molar-refractivity contribution in [3.63, 3.8) is 0 Å². The number of alkyl halides is 3. The molecule has 0 saturated carbocycles. The molecule has 0 bridgehead atoms. The van der Waals surface area contributed by atoms with Crippen LogP contribution in [0, 0.1) is 6.92 Å². The Hall–Kier alpha value is -2.02. The van der Waals surface area contributed by atoms with Crippen molar-refractivity contribution in [1.29, 1.82) is 0 Å². The quantitative estimate of drug-likeness (QED) is 0.823. The largest absolute Gasteiger partial charge is 0.416 e. The molecule has 0 aliphatic carbocycles. The molecule has 1 unspecified atom stereocenters. The smallest absolute Gasteiger partial charge is 0.279 e. The minimum Gasteiger partial charge on any atom is -0.279 e. The number of hydrogen-bond acceptors (Lipinski definition) is 3. The molecule has 1 aliphatic heterocycles. The molecule has 2 heterocycles. The van der Waals surface area contributed by atoms with Gasteiger partial charge < -0.3 is 0 Å². The van der Waals surface area contributed by atoms with Crippen LogP contribution in [-0.2, 0) is 11.0 Å². The molecular weight excluding hydrogens is 325 g/mol. The molecular formula is C16H13F3N2OS. The third-order valence-corrected chi connectivity index (χ3v) is 4.74. The number of rotatable bonds is 2. The molecule has 1 aromatic heterocycles. The van der Waals surface area contributed by atoms with Gasteiger partial charge in [0.15, 0.2) is 0 Å². The van der Waals surface area contributed by atoms with E-state index in [1.807, 2.05) is 6.92 Å². The number of carbonyl (C=O) groups is 1. The van der Waals surface area contributed by atoms with E-state index in [1.165, 1.54) is 28.8 Å². The van der Waals surface area contributed by atoms with E-state index in [9.17, 15) is 18.0 Å². The van der Waals surface area contributed by atoms with E-state index in [4.69, 9.17) is 0 Å². The van der Waals surface area contributed by atoms with Crippen LogP contribution in [0.15, 0.2) is 42.6 Å². The van der Waals surface area contributed by atoms with Gasteiger partial charge in [-0.2, -0.15) is 13.2 Å². The number of aromatic nitrogens is 1. The summed E-state index contributed by atoms with van der Waals surface area (Å²) in [6, 6.07) is 8.84. The van der Waals surface area contributed by atoms with Crippen LogP contribution in [0.25, 0.3) is 0 Å². The second-order valence-electron chi connectivity index (χ2n) is 5.20. The van der Waals surface area contributed by atoms with E-state index in [0.29, 0.717) is 5.82 Å². The molecule has 1 atom stereocenters. The van der Waals surface area contributed by atoms with Crippen LogP contribution in [0.5, 0.6) is 0 Å². The highest BCUT2D eigenvalue weighted by Crippen LogP contribution is 2.45. The lowest BCUT2D eigenvalue weighted by molar-refractivity contribution is -0.138. The summed E-state index contributed by atoms with van der Waals surface area (Å²) in [7, 11) is 0. The van der Waals surface area contributed by atoms with Gasteiger partial charge in [-0.25, -0.2) is 4.98 Å². The molecule has 3 nitrogen and oxygen atoms in total. The molecule has 1 aliphatic rings. The minimum absolute atomic E-state index is 0.0826. The van der Waals surface area contributed by atoms with Crippen molar-refractivity contribution in [1.82, 2.24) is 4.98 Å². The van der Waals surface area contributed by atoms with Crippen LogP contribution in [0.2, 0.25) is 0 Å². The average molecular weight is 338 g/mol. The van der Waals surface area contributed by atoms with E-state index in [2.05, 4.69) is 4.98 Å². The SMILES string of the molecule is Cc1ccnc(N2C(=O)CSC2c2ccccc2C(F)(F)F)c1. The first-order valence-corrected chi connectivity index (χ1v) is 7.95. The lowest BCUT2D eigenvalue weighted by atomic mass is 10.1. The fourth-order valence-electron chi connectivity index (χ4n) is 2.52. The van der Waals surface area contributed by atoms with Crippen molar-refractivity contribution in [2.75, 3.05) is 10.7 Å². The highest BCUT2D eigenvalue weighted by atomic mass is 32.2. The Bertz CT molecular complexity index is 748. The maximum Gasteiger partial charge on any atom is 0.416 e. The number of thioether (sulfide) groups is 1. The van der Waals surface area contributed by atoms with Crippen LogP contribution < -0.4 is 4.90 Å². The fourth-order valence-corrected chi connectivity index (χ4v) is 3.72. The number of aryl methyl sites for hydroxylation is 1. The lowest BCUT2D eigenvalue weighted by Gasteiger charge is -2.25. The van der Waals surface area contributed by atoms with E-state index in [1.54, 1.807) is 24.4 Å². The summed E-state index contributed by atoms with van der Waals surface area (Å²) >= 11 is 1.18. The third kappa shape index (κ3) is 3.06. The monoisotopic (exact) mass is 338 g/mol. The zero-order valence-corrected chi connectivity index (χ0v) is 13.0. The highest BCUT2D eigenvalue weighted by molar-refractivity contribution is 8.00. The Morgan fingerprint density at radius 1 is 1.26 bits per heavy atom. The van der Waals surface area contributed by atoms with Gasteiger partial charge in [0.1, 0.15) is 11.2 Å². The van der Waals surface area contributed by atoms with Crippen molar-refractivity contribution in [3.05, 3.63) is 59.3 Å². The Balaban J connectivity index is 2.08. The van der Waals surface area contributed by atoms with Crippen LogP contribution in [0.3, 0.4) is 0 Å². The van der Waals surface area contributed by atoms with Crippen molar-refractivity contribution in [2.24, 2.45) is 0 Å². The summed E-state index contributed by atoms with van der Waals surface area (Å²) in [5.41, 5.74) is 0.256. The van der Waals surface area contributed by atoms with E-state index >= 15 is 0 Å². The van der Waals surface area contributed by atoms with Gasteiger partial charge in [-0.05, 0) is 36.2 Å². The number of pyridine rings is 1. The van der Waals surface area contributed by atoms with Crippen molar-refractivity contribution in [3.8, 4) is 0 Å². The molecule has 3 rings (SSSR count). The zero-order chi connectivity index (χ0) is 16.6. The van der Waals surface area contributed by atoms with Gasteiger partial charge in [0.2, 0.25) is 5.91 Å². The number of carbonyl (C=O) groups excluding carboxylic acids is 1. The second-order valence-corrected chi connectivity index (χ2v) is 6.27.